The second kappa shape index (κ2) is 5.20. The molecule has 0 unspecified atom stereocenters. The molecule has 0 spiro atoms. The van der Waals surface area contributed by atoms with Crippen molar-refractivity contribution >= 4 is 5.91 Å². The van der Waals surface area contributed by atoms with E-state index < -0.39 is 12.1 Å². The Morgan fingerprint density at radius 2 is 1.89 bits per heavy atom. The van der Waals surface area contributed by atoms with Crippen LogP contribution in [0.4, 0.5) is 0 Å². The summed E-state index contributed by atoms with van der Waals surface area (Å²) < 4.78 is 22.5. The van der Waals surface area contributed by atoms with Crippen molar-refractivity contribution in [3.05, 3.63) is 12.2 Å². The summed E-state index contributed by atoms with van der Waals surface area (Å²) in [5.74, 6) is -0.757. The van der Waals surface area contributed by atoms with Crippen LogP contribution >= 0.6 is 0 Å². The molecule has 4 atom stereocenters. The summed E-state index contributed by atoms with van der Waals surface area (Å²) in [7, 11) is 4.95. The molecule has 2 aliphatic rings. The quantitative estimate of drug-likeness (QED) is 0.701. The average Bonchev–Trinajstić information content (AvgIpc) is 2.79. The lowest BCUT2D eigenvalue weighted by atomic mass is 10.1. The first-order chi connectivity index (χ1) is 8.84. The van der Waals surface area contributed by atoms with E-state index in [4.69, 9.17) is 18.9 Å². The molecule has 2 fully saturated rings. The number of hydrogen-bond acceptors (Lipinski definition) is 5. The molecule has 0 aliphatic carbocycles. The molecule has 108 valence electrons. The average molecular weight is 271 g/mol. The molecule has 6 nitrogen and oxygen atoms in total. The van der Waals surface area contributed by atoms with Gasteiger partial charge in [-0.3, -0.25) is 4.79 Å². The number of methoxy groups -OCH3 is 1. The Bertz CT molecular complexity index is 379. The van der Waals surface area contributed by atoms with Crippen molar-refractivity contribution in [2.75, 3.05) is 21.2 Å². The Morgan fingerprint density at radius 1 is 1.26 bits per heavy atom. The van der Waals surface area contributed by atoms with Gasteiger partial charge in [-0.2, -0.15) is 0 Å². The molecule has 0 bridgehead atoms. The number of ether oxygens (including phenoxy) is 4. The predicted molar refractivity (Wildman–Crippen MR) is 67.3 cm³/mol. The highest BCUT2D eigenvalue weighted by molar-refractivity contribution is 5.87. The summed E-state index contributed by atoms with van der Waals surface area (Å²) in [4.78, 5) is 13.0. The van der Waals surface area contributed by atoms with Gasteiger partial charge < -0.3 is 23.8 Å². The lowest BCUT2D eigenvalue weighted by molar-refractivity contribution is -0.221. The van der Waals surface area contributed by atoms with Crippen molar-refractivity contribution in [3.63, 3.8) is 0 Å². The Balaban J connectivity index is 2.08. The lowest BCUT2D eigenvalue weighted by Gasteiger charge is -2.22. The molecule has 6 heteroatoms. The zero-order chi connectivity index (χ0) is 14.2. The molecule has 0 aromatic rings. The smallest absolute Gasteiger partial charge is 0.245 e. The minimum Gasteiger partial charge on any atom is -0.353 e. The topological polar surface area (TPSA) is 57.2 Å². The van der Waals surface area contributed by atoms with Crippen molar-refractivity contribution in [3.8, 4) is 0 Å². The van der Waals surface area contributed by atoms with Crippen LogP contribution < -0.4 is 0 Å². The van der Waals surface area contributed by atoms with Crippen LogP contribution in [0, 0.1) is 0 Å². The molecule has 2 rings (SSSR count). The third-order valence-electron chi connectivity index (χ3n) is 3.15. The van der Waals surface area contributed by atoms with E-state index in [1.807, 2.05) is 13.8 Å². The van der Waals surface area contributed by atoms with Gasteiger partial charge in [0, 0.05) is 27.3 Å². The van der Waals surface area contributed by atoms with Crippen LogP contribution in [0.25, 0.3) is 0 Å². The number of fused-ring (bicyclic) bond motifs is 1. The molecule has 19 heavy (non-hydrogen) atoms. The fraction of sp³-hybridized carbons (Fsp3) is 0.769. The number of hydrogen-bond donors (Lipinski definition) is 0. The molecule has 2 heterocycles. The molecular weight excluding hydrogens is 250 g/mol. The van der Waals surface area contributed by atoms with Crippen molar-refractivity contribution in [1.82, 2.24) is 4.90 Å². The van der Waals surface area contributed by atoms with E-state index in [-0.39, 0.29) is 24.2 Å². The first-order valence-electron chi connectivity index (χ1n) is 6.27. The van der Waals surface area contributed by atoms with Gasteiger partial charge in [0.25, 0.3) is 0 Å². The largest absolute Gasteiger partial charge is 0.353 e. The molecule has 0 aromatic heterocycles. The van der Waals surface area contributed by atoms with Crippen molar-refractivity contribution in [1.29, 1.82) is 0 Å². The van der Waals surface area contributed by atoms with E-state index in [0.29, 0.717) is 0 Å². The fourth-order valence-electron chi connectivity index (χ4n) is 2.26. The van der Waals surface area contributed by atoms with Crippen LogP contribution in [-0.2, 0) is 23.7 Å². The van der Waals surface area contributed by atoms with Crippen LogP contribution in [0.1, 0.15) is 13.8 Å². The highest BCUT2D eigenvalue weighted by Gasteiger charge is 2.54. The summed E-state index contributed by atoms with van der Waals surface area (Å²) in [6.45, 7) is 3.70. The normalized spacial score (nSPS) is 36.7. The Labute approximate surface area is 113 Å². The van der Waals surface area contributed by atoms with Gasteiger partial charge in [0.15, 0.2) is 12.1 Å². The molecule has 0 aromatic carbocycles. The van der Waals surface area contributed by atoms with Crippen molar-refractivity contribution in [2.24, 2.45) is 0 Å². The van der Waals surface area contributed by atoms with E-state index in [1.54, 1.807) is 27.3 Å². The van der Waals surface area contributed by atoms with Crippen LogP contribution in [-0.4, -0.2) is 62.4 Å². The molecular formula is C13H21NO5. The number of rotatable bonds is 3. The van der Waals surface area contributed by atoms with Gasteiger partial charge in [-0.25, -0.2) is 0 Å². The van der Waals surface area contributed by atoms with E-state index in [1.165, 1.54) is 11.0 Å². The summed E-state index contributed by atoms with van der Waals surface area (Å²) in [5.41, 5.74) is 0. The predicted octanol–water partition coefficient (Wildman–Crippen LogP) is 0.522. The third kappa shape index (κ3) is 2.97. The molecule has 0 radical (unpaired) electrons. The summed E-state index contributed by atoms with van der Waals surface area (Å²) in [5, 5.41) is 0. The standard InChI is InChI=1S/C13H21NO5/c1-13(2)18-10-8(6-7-9(15)14(3)4)17-12(16-5)11(10)19-13/h6-8,10-12H,1-5H3/b7-6+/t8-,10+,11+,12+/m0/s1. The number of carbonyl (C=O) groups is 1. The monoisotopic (exact) mass is 271 g/mol. The van der Waals surface area contributed by atoms with Gasteiger partial charge in [0.1, 0.15) is 18.3 Å². The minimum atomic E-state index is -0.659. The second-order valence-corrected chi connectivity index (χ2v) is 5.36. The highest BCUT2D eigenvalue weighted by Crippen LogP contribution is 2.39. The Kier molecular flexibility index (Phi) is 3.96. The van der Waals surface area contributed by atoms with Gasteiger partial charge in [0.05, 0.1) is 0 Å². The van der Waals surface area contributed by atoms with Crippen LogP contribution in [0.3, 0.4) is 0 Å². The molecule has 2 saturated heterocycles. The van der Waals surface area contributed by atoms with E-state index in [2.05, 4.69) is 0 Å². The van der Waals surface area contributed by atoms with Gasteiger partial charge in [0.2, 0.25) is 5.91 Å². The van der Waals surface area contributed by atoms with E-state index >= 15 is 0 Å². The SMILES string of the molecule is CO[C@@H]1O[C@@H](/C=C/C(=O)N(C)C)[C@H]2OC(C)(C)O[C@@H]12. The number of amides is 1. The Hall–Kier alpha value is -0.950. The van der Waals surface area contributed by atoms with Crippen LogP contribution in [0.5, 0.6) is 0 Å². The first-order valence-corrected chi connectivity index (χ1v) is 6.27. The second-order valence-electron chi connectivity index (χ2n) is 5.36. The van der Waals surface area contributed by atoms with Gasteiger partial charge in [-0.05, 0) is 19.9 Å². The van der Waals surface area contributed by atoms with E-state index in [9.17, 15) is 4.79 Å². The highest BCUT2D eigenvalue weighted by atomic mass is 16.8. The zero-order valence-electron chi connectivity index (χ0n) is 12.0. The maximum absolute atomic E-state index is 11.6. The molecule has 1 amide bonds. The molecule has 0 N–H and O–H groups in total. The number of likely N-dealkylation sites (N-methyl/N-ethyl adjacent to an activating group) is 1. The zero-order valence-corrected chi connectivity index (χ0v) is 12.0. The molecule has 2 aliphatic heterocycles. The lowest BCUT2D eigenvalue weighted by Crippen LogP contribution is -2.30. The Morgan fingerprint density at radius 3 is 2.47 bits per heavy atom. The summed E-state index contributed by atoms with van der Waals surface area (Å²) >= 11 is 0. The van der Waals surface area contributed by atoms with E-state index in [0.717, 1.165) is 0 Å². The number of nitrogens with zero attached hydrogens (tertiary/aromatic N) is 1. The van der Waals surface area contributed by atoms with Crippen molar-refractivity contribution in [2.45, 2.75) is 44.2 Å². The van der Waals surface area contributed by atoms with Gasteiger partial charge in [-0.1, -0.05) is 0 Å². The van der Waals surface area contributed by atoms with Crippen LogP contribution in [0.15, 0.2) is 12.2 Å². The summed E-state index contributed by atoms with van der Waals surface area (Å²) in [6.07, 6.45) is 1.82. The number of carbonyl (C=O) groups excluding carboxylic acids is 1. The van der Waals surface area contributed by atoms with Crippen molar-refractivity contribution < 1.29 is 23.7 Å². The molecule has 0 saturated carbocycles. The maximum Gasteiger partial charge on any atom is 0.245 e. The van der Waals surface area contributed by atoms with Gasteiger partial charge >= 0.3 is 0 Å². The minimum absolute atomic E-state index is 0.0980. The first kappa shape index (κ1) is 14.5. The third-order valence-corrected chi connectivity index (χ3v) is 3.15. The van der Waals surface area contributed by atoms with Gasteiger partial charge in [-0.15, -0.1) is 0 Å². The summed E-state index contributed by atoms with van der Waals surface area (Å²) in [6, 6.07) is 0. The van der Waals surface area contributed by atoms with Crippen LogP contribution in [0.2, 0.25) is 0 Å². The fourth-order valence-corrected chi connectivity index (χ4v) is 2.26. The maximum atomic E-state index is 11.6.